The monoisotopic (exact) mass is 358 g/mol. The highest BCUT2D eigenvalue weighted by Crippen LogP contribution is 2.26. The molecule has 0 saturated carbocycles. The van der Waals surface area contributed by atoms with Crippen LogP contribution in [-0.4, -0.2) is 43.5 Å². The molecule has 1 saturated heterocycles. The second-order valence-electron chi connectivity index (χ2n) is 5.80. The smallest absolute Gasteiger partial charge is 0.410 e. The molecule has 2 aromatic rings. The van der Waals surface area contributed by atoms with Crippen molar-refractivity contribution in [1.29, 1.82) is 0 Å². The largest absolute Gasteiger partial charge is 0.445 e. The van der Waals surface area contributed by atoms with E-state index < -0.39 is 0 Å². The van der Waals surface area contributed by atoms with Crippen LogP contribution in [0.4, 0.5) is 10.5 Å². The van der Waals surface area contributed by atoms with Crippen molar-refractivity contribution in [1.82, 2.24) is 4.90 Å². The van der Waals surface area contributed by atoms with Gasteiger partial charge < -0.3 is 14.5 Å². The fourth-order valence-corrected chi connectivity index (χ4v) is 3.07. The summed E-state index contributed by atoms with van der Waals surface area (Å²) in [5, 5.41) is 0.442. The molecule has 6 heteroatoms. The Labute approximate surface area is 151 Å². The zero-order valence-electron chi connectivity index (χ0n) is 13.7. The van der Waals surface area contributed by atoms with Crippen LogP contribution in [0.1, 0.15) is 15.9 Å². The molecule has 1 aliphatic rings. The van der Waals surface area contributed by atoms with Crippen LogP contribution < -0.4 is 4.90 Å². The predicted octanol–water partition coefficient (Wildman–Crippen LogP) is 3.61. The average Bonchev–Trinajstić information content (AvgIpc) is 2.67. The molecule has 0 N–H and O–H groups in total. The van der Waals surface area contributed by atoms with Gasteiger partial charge in [0.1, 0.15) is 6.61 Å². The van der Waals surface area contributed by atoms with Crippen LogP contribution >= 0.6 is 11.6 Å². The van der Waals surface area contributed by atoms with Crippen molar-refractivity contribution < 1.29 is 14.3 Å². The maximum absolute atomic E-state index is 12.2. The Bertz CT molecular complexity index is 744. The summed E-state index contributed by atoms with van der Waals surface area (Å²) in [7, 11) is 0. The zero-order chi connectivity index (χ0) is 17.6. The summed E-state index contributed by atoms with van der Waals surface area (Å²) in [5.74, 6) is 0. The normalized spacial score (nSPS) is 14.3. The highest BCUT2D eigenvalue weighted by molar-refractivity contribution is 6.33. The Hall–Kier alpha value is -2.53. The minimum atomic E-state index is -0.315. The van der Waals surface area contributed by atoms with E-state index in [0.717, 1.165) is 17.5 Å². The number of aldehydes is 1. The van der Waals surface area contributed by atoms with E-state index in [1.54, 1.807) is 11.0 Å². The fourth-order valence-electron chi connectivity index (χ4n) is 2.86. The van der Waals surface area contributed by atoms with Crippen molar-refractivity contribution in [2.24, 2.45) is 0 Å². The van der Waals surface area contributed by atoms with E-state index >= 15 is 0 Å². The molecule has 0 atom stereocenters. The molecule has 0 unspecified atom stereocenters. The third-order valence-corrected chi connectivity index (χ3v) is 4.56. The summed E-state index contributed by atoms with van der Waals surface area (Å²) < 4.78 is 5.36. The van der Waals surface area contributed by atoms with Crippen molar-refractivity contribution in [3.05, 3.63) is 64.7 Å². The maximum Gasteiger partial charge on any atom is 0.410 e. The number of ether oxygens (including phenoxy) is 1. The third-order valence-electron chi connectivity index (χ3n) is 4.23. The van der Waals surface area contributed by atoms with Crippen molar-refractivity contribution in [2.45, 2.75) is 6.61 Å². The van der Waals surface area contributed by atoms with E-state index in [4.69, 9.17) is 16.3 Å². The molecule has 130 valence electrons. The maximum atomic E-state index is 12.2. The lowest BCUT2D eigenvalue weighted by atomic mass is 10.1. The molecule has 0 radical (unpaired) electrons. The number of halogens is 1. The van der Waals surface area contributed by atoms with Crippen molar-refractivity contribution >= 4 is 29.7 Å². The number of rotatable bonds is 4. The van der Waals surface area contributed by atoms with Crippen LogP contribution in [0.2, 0.25) is 5.02 Å². The van der Waals surface area contributed by atoms with Gasteiger partial charge in [-0.15, -0.1) is 0 Å². The van der Waals surface area contributed by atoms with Crippen molar-refractivity contribution in [2.75, 3.05) is 31.1 Å². The van der Waals surface area contributed by atoms with Gasteiger partial charge in [-0.25, -0.2) is 4.79 Å². The van der Waals surface area contributed by atoms with Gasteiger partial charge in [0.25, 0.3) is 0 Å². The lowest BCUT2D eigenvalue weighted by molar-refractivity contribution is 0.0941. The van der Waals surface area contributed by atoms with E-state index in [1.165, 1.54) is 0 Å². The minimum Gasteiger partial charge on any atom is -0.445 e. The SMILES string of the molecule is O=Cc1c(Cl)cccc1N1CCN(C(=O)OCc2ccccc2)CC1. The van der Waals surface area contributed by atoms with Crippen LogP contribution in [0.25, 0.3) is 0 Å². The Morgan fingerprint density at radius 1 is 1.04 bits per heavy atom. The highest BCUT2D eigenvalue weighted by atomic mass is 35.5. The molecule has 0 spiro atoms. The summed E-state index contributed by atoms with van der Waals surface area (Å²) in [6, 6.07) is 15.0. The number of nitrogens with zero attached hydrogens (tertiary/aromatic N) is 2. The van der Waals surface area contributed by atoms with E-state index in [1.807, 2.05) is 42.5 Å². The summed E-state index contributed by atoms with van der Waals surface area (Å²) in [6.45, 7) is 2.60. The number of amides is 1. The number of hydrogen-bond donors (Lipinski definition) is 0. The van der Waals surface area contributed by atoms with Gasteiger partial charge in [-0.1, -0.05) is 48.0 Å². The molecule has 1 amide bonds. The van der Waals surface area contributed by atoms with Gasteiger partial charge in [-0.05, 0) is 17.7 Å². The quantitative estimate of drug-likeness (QED) is 0.783. The molecule has 3 rings (SSSR count). The van der Waals surface area contributed by atoms with Crippen LogP contribution in [0.15, 0.2) is 48.5 Å². The number of benzene rings is 2. The highest BCUT2D eigenvalue weighted by Gasteiger charge is 2.24. The first-order valence-corrected chi connectivity index (χ1v) is 8.51. The van der Waals surface area contributed by atoms with Crippen LogP contribution in [0, 0.1) is 0 Å². The van der Waals surface area contributed by atoms with Crippen LogP contribution in [-0.2, 0) is 11.3 Å². The van der Waals surface area contributed by atoms with Gasteiger partial charge in [-0.3, -0.25) is 4.79 Å². The van der Waals surface area contributed by atoms with E-state index in [9.17, 15) is 9.59 Å². The second-order valence-corrected chi connectivity index (χ2v) is 6.21. The van der Waals surface area contributed by atoms with Crippen molar-refractivity contribution in [3.63, 3.8) is 0 Å². The Morgan fingerprint density at radius 2 is 1.76 bits per heavy atom. The molecular formula is C19H19ClN2O3. The average molecular weight is 359 g/mol. The van der Waals surface area contributed by atoms with E-state index in [-0.39, 0.29) is 12.7 Å². The molecule has 1 heterocycles. The third kappa shape index (κ3) is 4.12. The first-order valence-electron chi connectivity index (χ1n) is 8.13. The lowest BCUT2D eigenvalue weighted by Crippen LogP contribution is -2.49. The molecule has 1 aliphatic heterocycles. The summed E-state index contributed by atoms with van der Waals surface area (Å²) in [6.07, 6.45) is 0.461. The van der Waals surface area contributed by atoms with Gasteiger partial charge in [0, 0.05) is 31.9 Å². The Kier molecular flexibility index (Phi) is 5.56. The number of carbonyl (C=O) groups excluding carboxylic acids is 2. The number of hydrogen-bond acceptors (Lipinski definition) is 4. The van der Waals surface area contributed by atoms with Gasteiger partial charge in [0.15, 0.2) is 6.29 Å². The van der Waals surface area contributed by atoms with Crippen LogP contribution in [0.3, 0.4) is 0 Å². The Balaban J connectivity index is 1.56. The zero-order valence-corrected chi connectivity index (χ0v) is 14.5. The van der Waals surface area contributed by atoms with Gasteiger partial charge >= 0.3 is 6.09 Å². The summed E-state index contributed by atoms with van der Waals surface area (Å²) >= 11 is 6.08. The molecule has 1 fully saturated rings. The number of anilines is 1. The van der Waals surface area contributed by atoms with Crippen molar-refractivity contribution in [3.8, 4) is 0 Å². The Morgan fingerprint density at radius 3 is 2.44 bits per heavy atom. The molecule has 0 bridgehead atoms. The molecular weight excluding hydrogens is 340 g/mol. The first kappa shape index (κ1) is 17.3. The van der Waals surface area contributed by atoms with Crippen LogP contribution in [0.5, 0.6) is 0 Å². The predicted molar refractivity (Wildman–Crippen MR) is 97.3 cm³/mol. The molecule has 2 aromatic carbocycles. The molecule has 5 nitrogen and oxygen atoms in total. The fraction of sp³-hybridized carbons (Fsp3) is 0.263. The minimum absolute atomic E-state index is 0.267. The molecule has 25 heavy (non-hydrogen) atoms. The van der Waals surface area contributed by atoms with E-state index in [2.05, 4.69) is 4.90 Å². The topological polar surface area (TPSA) is 49.9 Å². The first-order chi connectivity index (χ1) is 12.2. The molecule has 0 aliphatic carbocycles. The summed E-state index contributed by atoms with van der Waals surface area (Å²) in [5.41, 5.74) is 2.26. The number of carbonyl (C=O) groups is 2. The second kappa shape index (κ2) is 8.03. The van der Waals surface area contributed by atoms with Gasteiger partial charge in [0.2, 0.25) is 0 Å². The standard InChI is InChI=1S/C19H19ClN2O3/c20-17-7-4-8-18(16(17)13-23)21-9-11-22(12-10-21)19(24)25-14-15-5-2-1-3-6-15/h1-8,13H,9-12,14H2. The molecule has 0 aromatic heterocycles. The van der Waals surface area contributed by atoms with Gasteiger partial charge in [0.05, 0.1) is 10.6 Å². The lowest BCUT2D eigenvalue weighted by Gasteiger charge is -2.36. The van der Waals surface area contributed by atoms with E-state index in [0.29, 0.717) is 36.8 Å². The summed E-state index contributed by atoms with van der Waals surface area (Å²) in [4.78, 5) is 27.2. The van der Waals surface area contributed by atoms with Gasteiger partial charge in [-0.2, -0.15) is 0 Å². The number of piperazine rings is 1.